The SMILES string of the molecule is O=C(O)c1cnoc1-c1cn[nH]c1[N+](=O)[O-]. The molecule has 2 N–H and O–H groups in total. The topological polar surface area (TPSA) is 135 Å². The van der Waals surface area contributed by atoms with Gasteiger partial charge in [0.2, 0.25) is 0 Å². The number of nitrogens with one attached hydrogen (secondary N) is 1. The van der Waals surface area contributed by atoms with E-state index in [-0.39, 0.29) is 16.9 Å². The molecule has 2 heterocycles. The molecule has 2 aromatic heterocycles. The first-order valence-electron chi connectivity index (χ1n) is 3.97. The summed E-state index contributed by atoms with van der Waals surface area (Å²) >= 11 is 0. The number of carboxylic acid groups (broad SMARTS) is 1. The van der Waals surface area contributed by atoms with Gasteiger partial charge in [-0.15, -0.1) is 5.10 Å². The summed E-state index contributed by atoms with van der Waals surface area (Å²) < 4.78 is 4.67. The van der Waals surface area contributed by atoms with E-state index in [1.807, 2.05) is 0 Å². The smallest absolute Gasteiger partial charge is 0.353 e. The Morgan fingerprint density at radius 2 is 2.31 bits per heavy atom. The van der Waals surface area contributed by atoms with Gasteiger partial charge in [0.1, 0.15) is 11.1 Å². The maximum Gasteiger partial charge on any atom is 0.353 e. The van der Waals surface area contributed by atoms with Crippen LogP contribution < -0.4 is 0 Å². The van der Waals surface area contributed by atoms with Gasteiger partial charge in [0.05, 0.1) is 12.4 Å². The minimum Gasteiger partial charge on any atom is -0.477 e. The Bertz CT molecular complexity index is 506. The number of nitrogens with zero attached hydrogens (tertiary/aromatic N) is 3. The number of hydrogen-bond acceptors (Lipinski definition) is 6. The fourth-order valence-corrected chi connectivity index (χ4v) is 1.17. The van der Waals surface area contributed by atoms with Gasteiger partial charge < -0.3 is 19.7 Å². The molecule has 2 aromatic rings. The first kappa shape index (κ1) is 9.83. The molecule has 82 valence electrons. The normalized spacial score (nSPS) is 10.2. The number of aromatic amines is 1. The van der Waals surface area contributed by atoms with Gasteiger partial charge in [-0.25, -0.2) is 4.79 Å². The van der Waals surface area contributed by atoms with Crippen LogP contribution in [-0.2, 0) is 0 Å². The number of aromatic nitrogens is 3. The van der Waals surface area contributed by atoms with E-state index < -0.39 is 16.7 Å². The molecule has 0 amide bonds. The lowest BCUT2D eigenvalue weighted by Gasteiger charge is -1.94. The van der Waals surface area contributed by atoms with Crippen LogP contribution in [0.4, 0.5) is 5.82 Å². The predicted molar refractivity (Wildman–Crippen MR) is 47.7 cm³/mol. The van der Waals surface area contributed by atoms with Gasteiger partial charge in [0.25, 0.3) is 0 Å². The van der Waals surface area contributed by atoms with Gasteiger partial charge in [0.15, 0.2) is 5.76 Å². The number of nitro groups is 1. The highest BCUT2D eigenvalue weighted by atomic mass is 16.6. The zero-order valence-corrected chi connectivity index (χ0v) is 7.58. The Kier molecular flexibility index (Phi) is 2.12. The molecule has 0 saturated heterocycles. The van der Waals surface area contributed by atoms with E-state index in [0.29, 0.717) is 0 Å². The fourth-order valence-electron chi connectivity index (χ4n) is 1.17. The first-order chi connectivity index (χ1) is 7.61. The fraction of sp³-hybridized carbons (Fsp3) is 0. The molecule has 0 aromatic carbocycles. The minimum absolute atomic E-state index is 0.0556. The van der Waals surface area contributed by atoms with Crippen molar-refractivity contribution in [3.05, 3.63) is 28.1 Å². The highest BCUT2D eigenvalue weighted by Gasteiger charge is 2.25. The van der Waals surface area contributed by atoms with Crippen molar-refractivity contribution in [1.82, 2.24) is 15.4 Å². The van der Waals surface area contributed by atoms with Gasteiger partial charge in [-0.05, 0) is 4.92 Å². The molecular formula is C7H4N4O5. The monoisotopic (exact) mass is 224 g/mol. The molecule has 0 aliphatic heterocycles. The van der Waals surface area contributed by atoms with Crippen molar-refractivity contribution in [2.24, 2.45) is 0 Å². The molecule has 9 heteroatoms. The summed E-state index contributed by atoms with van der Waals surface area (Å²) in [6.45, 7) is 0. The highest BCUT2D eigenvalue weighted by molar-refractivity contribution is 5.94. The lowest BCUT2D eigenvalue weighted by Crippen LogP contribution is -1.97. The summed E-state index contributed by atoms with van der Waals surface area (Å²) in [7, 11) is 0. The van der Waals surface area contributed by atoms with E-state index >= 15 is 0 Å². The average molecular weight is 224 g/mol. The Morgan fingerprint density at radius 1 is 1.56 bits per heavy atom. The van der Waals surface area contributed by atoms with E-state index in [1.165, 1.54) is 0 Å². The van der Waals surface area contributed by atoms with E-state index in [0.717, 1.165) is 12.4 Å². The van der Waals surface area contributed by atoms with E-state index in [1.54, 1.807) is 0 Å². The zero-order chi connectivity index (χ0) is 11.7. The van der Waals surface area contributed by atoms with Crippen LogP contribution in [-0.4, -0.2) is 31.4 Å². The van der Waals surface area contributed by atoms with Gasteiger partial charge in [-0.1, -0.05) is 10.3 Å². The average Bonchev–Trinajstić information content (AvgIpc) is 2.85. The van der Waals surface area contributed by atoms with Gasteiger partial charge >= 0.3 is 11.8 Å². The van der Waals surface area contributed by atoms with E-state index in [9.17, 15) is 14.9 Å². The molecule has 0 unspecified atom stereocenters. The zero-order valence-electron chi connectivity index (χ0n) is 7.58. The molecule has 0 fully saturated rings. The number of rotatable bonds is 3. The van der Waals surface area contributed by atoms with Crippen LogP contribution in [0, 0.1) is 10.1 Å². The van der Waals surface area contributed by atoms with Crippen molar-refractivity contribution in [3.8, 4) is 11.3 Å². The van der Waals surface area contributed by atoms with Crippen molar-refractivity contribution in [2.75, 3.05) is 0 Å². The Labute approximate surface area is 86.8 Å². The molecule has 0 spiro atoms. The third-order valence-electron chi connectivity index (χ3n) is 1.85. The standard InChI is InChI=1S/C7H4N4O5/c12-7(13)4-2-9-16-5(4)3-1-8-10-6(3)11(14)15/h1-2H,(H,8,10)(H,12,13). The van der Waals surface area contributed by atoms with Crippen molar-refractivity contribution >= 4 is 11.8 Å². The predicted octanol–water partition coefficient (Wildman–Crippen LogP) is 0.671. The number of carboxylic acids is 1. The second-order valence-corrected chi connectivity index (χ2v) is 2.76. The van der Waals surface area contributed by atoms with Crippen LogP contribution in [0.1, 0.15) is 10.4 Å². The molecule has 2 rings (SSSR count). The third-order valence-corrected chi connectivity index (χ3v) is 1.85. The summed E-state index contributed by atoms with van der Waals surface area (Å²) in [6.07, 6.45) is 2.07. The Balaban J connectivity index is 2.59. The van der Waals surface area contributed by atoms with Crippen LogP contribution in [0.2, 0.25) is 0 Å². The van der Waals surface area contributed by atoms with Crippen LogP contribution >= 0.6 is 0 Å². The maximum absolute atomic E-state index is 10.8. The summed E-state index contributed by atoms with van der Waals surface area (Å²) in [6, 6.07) is 0. The maximum atomic E-state index is 10.8. The molecule has 0 radical (unpaired) electrons. The van der Waals surface area contributed by atoms with Crippen molar-refractivity contribution in [1.29, 1.82) is 0 Å². The van der Waals surface area contributed by atoms with Crippen LogP contribution in [0.25, 0.3) is 11.3 Å². The highest BCUT2D eigenvalue weighted by Crippen LogP contribution is 2.29. The molecule has 0 saturated carbocycles. The van der Waals surface area contributed by atoms with Crippen molar-refractivity contribution < 1.29 is 19.3 Å². The molecule has 0 aliphatic rings. The van der Waals surface area contributed by atoms with Crippen LogP contribution in [0.5, 0.6) is 0 Å². The Morgan fingerprint density at radius 3 is 2.94 bits per heavy atom. The third kappa shape index (κ3) is 1.39. The number of hydrogen-bond donors (Lipinski definition) is 2. The van der Waals surface area contributed by atoms with E-state index in [4.69, 9.17) is 5.11 Å². The van der Waals surface area contributed by atoms with Crippen LogP contribution in [0.15, 0.2) is 16.9 Å². The van der Waals surface area contributed by atoms with E-state index in [2.05, 4.69) is 19.9 Å². The quantitative estimate of drug-likeness (QED) is 0.577. The van der Waals surface area contributed by atoms with Crippen molar-refractivity contribution in [3.63, 3.8) is 0 Å². The first-order valence-corrected chi connectivity index (χ1v) is 3.97. The lowest BCUT2D eigenvalue weighted by molar-refractivity contribution is -0.388. The van der Waals surface area contributed by atoms with Crippen molar-refractivity contribution in [2.45, 2.75) is 0 Å². The summed E-state index contributed by atoms with van der Waals surface area (Å²) in [4.78, 5) is 20.6. The second kappa shape index (κ2) is 3.46. The minimum atomic E-state index is -1.29. The summed E-state index contributed by atoms with van der Waals surface area (Å²) in [5.74, 6) is -1.93. The number of aromatic carboxylic acids is 1. The molecular weight excluding hydrogens is 220 g/mol. The second-order valence-electron chi connectivity index (χ2n) is 2.76. The largest absolute Gasteiger partial charge is 0.477 e. The molecule has 16 heavy (non-hydrogen) atoms. The Hall–Kier alpha value is -2.71. The summed E-state index contributed by atoms with van der Waals surface area (Å²) in [5.41, 5.74) is -0.315. The van der Waals surface area contributed by atoms with Gasteiger partial charge in [-0.2, -0.15) is 0 Å². The van der Waals surface area contributed by atoms with Gasteiger partial charge in [0, 0.05) is 0 Å². The molecule has 0 atom stereocenters. The molecule has 0 bridgehead atoms. The van der Waals surface area contributed by atoms with Crippen LogP contribution in [0.3, 0.4) is 0 Å². The lowest BCUT2D eigenvalue weighted by atomic mass is 10.1. The number of H-pyrrole nitrogens is 1. The summed E-state index contributed by atoms with van der Waals surface area (Å²) in [5, 5.41) is 28.2. The molecule has 0 aliphatic carbocycles. The number of carbonyl (C=O) groups is 1. The molecule has 9 nitrogen and oxygen atoms in total. The van der Waals surface area contributed by atoms with Gasteiger partial charge in [-0.3, -0.25) is 0 Å².